The first-order chi connectivity index (χ1) is 10.8. The highest BCUT2D eigenvalue weighted by Gasteiger charge is 2.25. The van der Waals surface area contributed by atoms with Gasteiger partial charge in [-0.15, -0.1) is 0 Å². The Morgan fingerprint density at radius 2 is 1.96 bits per heavy atom. The largest absolute Gasteiger partial charge is 0.383 e. The van der Waals surface area contributed by atoms with E-state index in [0.717, 1.165) is 0 Å². The number of sulfonamides is 1. The minimum atomic E-state index is -3.73. The maximum absolute atomic E-state index is 12.6. The number of ether oxygens (including phenoxy) is 1. The third-order valence-electron chi connectivity index (χ3n) is 3.31. The zero-order valence-electron chi connectivity index (χ0n) is 13.8. The summed E-state index contributed by atoms with van der Waals surface area (Å²) in [5.41, 5.74) is 0.239. The summed E-state index contributed by atoms with van der Waals surface area (Å²) in [6.45, 7) is 6.32. The van der Waals surface area contributed by atoms with Crippen LogP contribution in [0.1, 0.15) is 31.1 Å². The number of rotatable bonds is 8. The Hall–Kier alpha value is -1.15. The fourth-order valence-corrected chi connectivity index (χ4v) is 4.10. The standard InChI is InChI=1S/C15H23ClN2O4S/c1-5-18(6-2)23(20,21)14-9-12(7-8-13(14)16)15(19)17-11(3)10-22-4/h7-9,11H,5-6,10H2,1-4H3,(H,17,19). The van der Waals surface area contributed by atoms with Crippen LogP contribution in [0.25, 0.3) is 0 Å². The topological polar surface area (TPSA) is 75.7 Å². The lowest BCUT2D eigenvalue weighted by Crippen LogP contribution is -2.36. The van der Waals surface area contributed by atoms with E-state index in [2.05, 4.69) is 5.32 Å². The molecule has 0 aliphatic carbocycles. The molecule has 0 saturated heterocycles. The first-order valence-corrected chi connectivity index (χ1v) is 9.19. The number of hydrogen-bond acceptors (Lipinski definition) is 4. The van der Waals surface area contributed by atoms with Crippen LogP contribution in [0.4, 0.5) is 0 Å². The molecule has 6 nitrogen and oxygen atoms in total. The van der Waals surface area contributed by atoms with Crippen LogP contribution in [-0.4, -0.2) is 51.5 Å². The molecule has 0 radical (unpaired) electrons. The fourth-order valence-electron chi connectivity index (χ4n) is 2.14. The number of amides is 1. The molecule has 1 N–H and O–H groups in total. The van der Waals surface area contributed by atoms with Crippen LogP contribution < -0.4 is 5.32 Å². The Bertz CT molecular complexity index is 645. The Balaban J connectivity index is 3.16. The first-order valence-electron chi connectivity index (χ1n) is 7.37. The number of benzene rings is 1. The van der Waals surface area contributed by atoms with Gasteiger partial charge in [0.25, 0.3) is 5.91 Å². The van der Waals surface area contributed by atoms with E-state index in [4.69, 9.17) is 16.3 Å². The Labute approximate surface area is 142 Å². The molecular formula is C15H23ClN2O4S. The third kappa shape index (κ3) is 4.91. The molecule has 1 unspecified atom stereocenters. The molecule has 0 aliphatic heterocycles. The molecule has 0 aromatic heterocycles. The quantitative estimate of drug-likeness (QED) is 0.768. The van der Waals surface area contributed by atoms with Crippen LogP contribution in [0.5, 0.6) is 0 Å². The van der Waals surface area contributed by atoms with Gasteiger partial charge < -0.3 is 10.1 Å². The molecule has 8 heteroatoms. The lowest BCUT2D eigenvalue weighted by atomic mass is 10.2. The Morgan fingerprint density at radius 1 is 1.35 bits per heavy atom. The zero-order valence-corrected chi connectivity index (χ0v) is 15.4. The molecule has 0 fully saturated rings. The average Bonchev–Trinajstić information content (AvgIpc) is 2.48. The molecule has 1 atom stereocenters. The van der Waals surface area contributed by atoms with E-state index in [1.807, 2.05) is 0 Å². The van der Waals surface area contributed by atoms with Crippen LogP contribution in [0.2, 0.25) is 5.02 Å². The molecule has 0 bridgehead atoms. The summed E-state index contributed by atoms with van der Waals surface area (Å²) in [5.74, 6) is -0.373. The van der Waals surface area contributed by atoms with Crippen molar-refractivity contribution in [3.8, 4) is 0 Å². The normalized spacial score (nSPS) is 13.1. The Kier molecular flexibility index (Phi) is 7.47. The van der Waals surface area contributed by atoms with Crippen molar-refractivity contribution in [1.82, 2.24) is 9.62 Å². The first kappa shape index (κ1) is 19.9. The van der Waals surface area contributed by atoms with Crippen molar-refractivity contribution in [3.63, 3.8) is 0 Å². The van der Waals surface area contributed by atoms with Crippen molar-refractivity contribution in [3.05, 3.63) is 28.8 Å². The number of nitrogens with zero attached hydrogens (tertiary/aromatic N) is 1. The number of carbonyl (C=O) groups is 1. The minimum absolute atomic E-state index is 0.0603. The molecule has 23 heavy (non-hydrogen) atoms. The maximum atomic E-state index is 12.6. The predicted molar refractivity (Wildman–Crippen MR) is 90.4 cm³/mol. The lowest BCUT2D eigenvalue weighted by Gasteiger charge is -2.20. The summed E-state index contributed by atoms with van der Waals surface area (Å²) in [6, 6.07) is 4.04. The van der Waals surface area contributed by atoms with Crippen molar-refractivity contribution in [1.29, 1.82) is 0 Å². The van der Waals surface area contributed by atoms with Crippen molar-refractivity contribution in [2.75, 3.05) is 26.8 Å². The van der Waals surface area contributed by atoms with E-state index >= 15 is 0 Å². The maximum Gasteiger partial charge on any atom is 0.251 e. The number of halogens is 1. The summed E-state index contributed by atoms with van der Waals surface area (Å²) in [6.07, 6.45) is 0. The molecule has 130 valence electrons. The average molecular weight is 363 g/mol. The smallest absolute Gasteiger partial charge is 0.251 e. The minimum Gasteiger partial charge on any atom is -0.383 e. The second kappa shape index (κ2) is 8.63. The van der Waals surface area contributed by atoms with Crippen molar-refractivity contribution < 1.29 is 17.9 Å². The van der Waals surface area contributed by atoms with E-state index < -0.39 is 10.0 Å². The molecule has 1 rings (SSSR count). The van der Waals surface area contributed by atoms with Crippen LogP contribution in [0.3, 0.4) is 0 Å². The van der Waals surface area contributed by atoms with Gasteiger partial charge in [0.1, 0.15) is 4.90 Å². The molecule has 0 saturated carbocycles. The van der Waals surface area contributed by atoms with Crippen molar-refractivity contribution in [2.24, 2.45) is 0 Å². The molecule has 1 amide bonds. The van der Waals surface area contributed by atoms with Gasteiger partial charge in [0.15, 0.2) is 0 Å². The van der Waals surface area contributed by atoms with Gasteiger partial charge in [0.05, 0.1) is 11.6 Å². The van der Waals surface area contributed by atoms with E-state index in [9.17, 15) is 13.2 Å². The molecule has 0 heterocycles. The second-order valence-electron chi connectivity index (χ2n) is 5.06. The second-order valence-corrected chi connectivity index (χ2v) is 7.38. The summed E-state index contributed by atoms with van der Waals surface area (Å²) >= 11 is 6.04. The van der Waals surface area contributed by atoms with Gasteiger partial charge in [0.2, 0.25) is 10.0 Å². The van der Waals surface area contributed by atoms with Crippen molar-refractivity contribution in [2.45, 2.75) is 31.7 Å². The van der Waals surface area contributed by atoms with E-state index in [1.165, 1.54) is 22.5 Å². The summed E-state index contributed by atoms with van der Waals surface area (Å²) in [4.78, 5) is 12.2. The third-order valence-corrected chi connectivity index (χ3v) is 5.84. The van der Waals surface area contributed by atoms with E-state index in [-0.39, 0.29) is 27.4 Å². The lowest BCUT2D eigenvalue weighted by molar-refractivity contribution is 0.0905. The summed E-state index contributed by atoms with van der Waals surface area (Å²) < 4.78 is 31.5. The number of methoxy groups -OCH3 is 1. The highest BCUT2D eigenvalue weighted by molar-refractivity contribution is 7.89. The summed E-state index contributed by atoms with van der Waals surface area (Å²) in [7, 11) is -2.19. The van der Waals surface area contributed by atoms with Gasteiger partial charge in [-0.05, 0) is 25.1 Å². The van der Waals surface area contributed by atoms with Crippen LogP contribution >= 0.6 is 11.6 Å². The highest BCUT2D eigenvalue weighted by atomic mass is 35.5. The molecular weight excluding hydrogens is 340 g/mol. The predicted octanol–water partition coefficient (Wildman–Crippen LogP) is 2.14. The van der Waals surface area contributed by atoms with E-state index in [1.54, 1.807) is 27.9 Å². The van der Waals surface area contributed by atoms with Gasteiger partial charge in [-0.2, -0.15) is 4.31 Å². The van der Waals surface area contributed by atoms with Gasteiger partial charge in [-0.3, -0.25) is 4.79 Å². The van der Waals surface area contributed by atoms with Gasteiger partial charge in [0, 0.05) is 31.8 Å². The van der Waals surface area contributed by atoms with Gasteiger partial charge in [-0.25, -0.2) is 8.42 Å². The van der Waals surface area contributed by atoms with Crippen molar-refractivity contribution >= 4 is 27.5 Å². The van der Waals surface area contributed by atoms with E-state index in [0.29, 0.717) is 19.7 Å². The SMILES string of the molecule is CCN(CC)S(=O)(=O)c1cc(C(=O)NC(C)COC)ccc1Cl. The summed E-state index contributed by atoms with van der Waals surface area (Å²) in [5, 5.41) is 2.83. The fraction of sp³-hybridized carbons (Fsp3) is 0.533. The van der Waals surface area contributed by atoms with Gasteiger partial charge in [-0.1, -0.05) is 25.4 Å². The molecule has 1 aromatic rings. The number of carbonyl (C=O) groups excluding carboxylic acids is 1. The number of nitrogens with one attached hydrogen (secondary N) is 1. The monoisotopic (exact) mass is 362 g/mol. The molecule has 0 aliphatic rings. The molecule has 0 spiro atoms. The Morgan fingerprint density at radius 3 is 2.48 bits per heavy atom. The zero-order chi connectivity index (χ0) is 17.6. The van der Waals surface area contributed by atoms with Gasteiger partial charge >= 0.3 is 0 Å². The number of hydrogen-bond donors (Lipinski definition) is 1. The van der Waals surface area contributed by atoms with Crippen LogP contribution in [-0.2, 0) is 14.8 Å². The van der Waals surface area contributed by atoms with Crippen LogP contribution in [0, 0.1) is 0 Å². The van der Waals surface area contributed by atoms with Crippen LogP contribution in [0.15, 0.2) is 23.1 Å². The highest BCUT2D eigenvalue weighted by Crippen LogP contribution is 2.25. The molecule has 1 aromatic carbocycles.